The molecule has 0 aromatic carbocycles. The molecule has 4 aromatic rings. The number of aromatic nitrogens is 7. The van der Waals surface area contributed by atoms with Crippen LogP contribution >= 0.6 is 15.9 Å². The summed E-state index contributed by atoms with van der Waals surface area (Å²) in [5.41, 5.74) is 3.10. The molecule has 10 heteroatoms. The first-order valence-electron chi connectivity index (χ1n) is 8.24. The maximum absolute atomic E-state index is 12.6. The molecule has 0 aliphatic heterocycles. The first kappa shape index (κ1) is 17.9. The van der Waals surface area contributed by atoms with Gasteiger partial charge in [0, 0.05) is 19.0 Å². The molecule has 138 valence electrons. The van der Waals surface area contributed by atoms with Crippen molar-refractivity contribution in [3.05, 3.63) is 41.0 Å². The highest BCUT2D eigenvalue weighted by Gasteiger charge is 2.20. The van der Waals surface area contributed by atoms with Crippen LogP contribution < -0.4 is 0 Å². The maximum atomic E-state index is 12.6. The van der Waals surface area contributed by atoms with Crippen LogP contribution in [0, 0.1) is 6.92 Å². The van der Waals surface area contributed by atoms with Crippen molar-refractivity contribution in [3.8, 4) is 17.3 Å². The Hall–Kier alpha value is -2.46. The van der Waals surface area contributed by atoms with Crippen molar-refractivity contribution >= 4 is 37.9 Å². The molecule has 0 aliphatic rings. The predicted molar refractivity (Wildman–Crippen MR) is 106 cm³/mol. The minimum atomic E-state index is -1.19. The second-order valence-corrected chi connectivity index (χ2v) is 8.38. The SMILES string of the molecule is CCS(=O)c1ccc(-n2cnc(Br)n2)nc1-c1nc2cc(C)cnc2n1C. The average Bonchev–Trinajstić information content (AvgIpc) is 3.24. The second-order valence-electron chi connectivity index (χ2n) is 5.96. The van der Waals surface area contributed by atoms with Gasteiger partial charge in [-0.3, -0.25) is 4.21 Å². The Labute approximate surface area is 166 Å². The summed E-state index contributed by atoms with van der Waals surface area (Å²) in [4.78, 5) is 18.6. The van der Waals surface area contributed by atoms with Crippen molar-refractivity contribution in [3.63, 3.8) is 0 Å². The molecule has 1 unspecified atom stereocenters. The van der Waals surface area contributed by atoms with Gasteiger partial charge in [0.1, 0.15) is 17.5 Å². The summed E-state index contributed by atoms with van der Waals surface area (Å²) in [6.07, 6.45) is 3.36. The lowest BCUT2D eigenvalue weighted by Crippen LogP contribution is -2.07. The number of nitrogens with zero attached hydrogens (tertiary/aromatic N) is 7. The first-order valence-corrected chi connectivity index (χ1v) is 10.4. The fraction of sp³-hybridized carbons (Fsp3) is 0.235. The third-order valence-corrected chi connectivity index (χ3v) is 5.81. The molecule has 1 atom stereocenters. The number of hydrogen-bond acceptors (Lipinski definition) is 6. The van der Waals surface area contributed by atoms with Gasteiger partial charge in [-0.15, -0.1) is 5.10 Å². The zero-order valence-corrected chi connectivity index (χ0v) is 17.3. The molecule has 0 bridgehead atoms. The van der Waals surface area contributed by atoms with E-state index >= 15 is 0 Å². The van der Waals surface area contributed by atoms with Crippen molar-refractivity contribution in [2.24, 2.45) is 7.05 Å². The molecule has 0 amide bonds. The number of imidazole rings is 1. The number of hydrogen-bond donors (Lipinski definition) is 0. The van der Waals surface area contributed by atoms with Gasteiger partial charge >= 0.3 is 0 Å². The highest BCUT2D eigenvalue weighted by Crippen LogP contribution is 2.28. The standard InChI is InChI=1S/C17H16BrN7OS/c1-4-27(26)12-5-6-13(25-9-20-17(18)23-25)22-14(12)16-21-11-7-10(2)8-19-15(11)24(16)3/h5-9H,4H2,1-3H3. The molecule has 0 saturated carbocycles. The van der Waals surface area contributed by atoms with Gasteiger partial charge in [0.2, 0.25) is 4.73 Å². The Morgan fingerprint density at radius 2 is 2.04 bits per heavy atom. The third-order valence-electron chi connectivity index (χ3n) is 4.11. The monoisotopic (exact) mass is 445 g/mol. The number of pyridine rings is 2. The van der Waals surface area contributed by atoms with Gasteiger partial charge in [0.05, 0.1) is 15.7 Å². The summed E-state index contributed by atoms with van der Waals surface area (Å²) in [7, 11) is 0.694. The van der Waals surface area contributed by atoms with Gasteiger partial charge in [-0.1, -0.05) is 6.92 Å². The van der Waals surface area contributed by atoms with Crippen LogP contribution in [-0.4, -0.2) is 44.2 Å². The van der Waals surface area contributed by atoms with E-state index in [9.17, 15) is 4.21 Å². The van der Waals surface area contributed by atoms with Crippen molar-refractivity contribution in [1.29, 1.82) is 0 Å². The fourth-order valence-corrected chi connectivity index (χ4v) is 3.95. The molecule has 4 rings (SSSR count). The lowest BCUT2D eigenvalue weighted by atomic mass is 10.3. The molecule has 4 aromatic heterocycles. The van der Waals surface area contributed by atoms with E-state index in [1.54, 1.807) is 23.3 Å². The van der Waals surface area contributed by atoms with Crippen molar-refractivity contribution in [1.82, 2.24) is 34.3 Å². The van der Waals surface area contributed by atoms with Gasteiger partial charge in [-0.25, -0.2) is 24.6 Å². The Bertz CT molecular complexity index is 1180. The van der Waals surface area contributed by atoms with E-state index in [1.165, 1.54) is 0 Å². The van der Waals surface area contributed by atoms with Crippen LogP contribution in [0.2, 0.25) is 0 Å². The van der Waals surface area contributed by atoms with Crippen molar-refractivity contribution < 1.29 is 4.21 Å². The van der Waals surface area contributed by atoms with E-state index in [1.807, 2.05) is 37.6 Å². The zero-order chi connectivity index (χ0) is 19.1. The minimum absolute atomic E-state index is 0.467. The van der Waals surface area contributed by atoms with Gasteiger partial charge in [-0.2, -0.15) is 0 Å². The number of aryl methyl sites for hydroxylation is 2. The smallest absolute Gasteiger partial charge is 0.217 e. The summed E-state index contributed by atoms with van der Waals surface area (Å²) < 4.78 is 16.5. The molecular formula is C17H16BrN7OS. The van der Waals surface area contributed by atoms with E-state index < -0.39 is 10.8 Å². The Morgan fingerprint density at radius 1 is 1.22 bits per heavy atom. The van der Waals surface area contributed by atoms with E-state index in [4.69, 9.17) is 9.97 Å². The molecule has 0 radical (unpaired) electrons. The molecule has 8 nitrogen and oxygen atoms in total. The van der Waals surface area contributed by atoms with Crippen LogP contribution in [0.3, 0.4) is 0 Å². The highest BCUT2D eigenvalue weighted by atomic mass is 79.9. The molecule has 0 fully saturated rings. The molecular weight excluding hydrogens is 430 g/mol. The van der Waals surface area contributed by atoms with Crippen LogP contribution in [0.4, 0.5) is 0 Å². The lowest BCUT2D eigenvalue weighted by Gasteiger charge is -2.10. The van der Waals surface area contributed by atoms with Gasteiger partial charge < -0.3 is 4.57 Å². The maximum Gasteiger partial charge on any atom is 0.217 e. The first-order chi connectivity index (χ1) is 13.0. The van der Waals surface area contributed by atoms with E-state index in [0.29, 0.717) is 32.7 Å². The second kappa shape index (κ2) is 6.93. The summed E-state index contributed by atoms with van der Waals surface area (Å²) in [6.45, 7) is 3.85. The number of halogens is 1. The van der Waals surface area contributed by atoms with E-state index in [-0.39, 0.29) is 0 Å². The van der Waals surface area contributed by atoms with Crippen LogP contribution in [0.1, 0.15) is 12.5 Å². The molecule has 0 saturated heterocycles. The molecule has 4 heterocycles. The summed E-state index contributed by atoms with van der Waals surface area (Å²) in [5.74, 6) is 1.67. The topological polar surface area (TPSA) is 91.4 Å². The Morgan fingerprint density at radius 3 is 2.74 bits per heavy atom. The van der Waals surface area contributed by atoms with E-state index in [2.05, 4.69) is 31.0 Å². The summed E-state index contributed by atoms with van der Waals surface area (Å²) in [6, 6.07) is 5.56. The molecule has 27 heavy (non-hydrogen) atoms. The Kier molecular flexibility index (Phi) is 4.60. The van der Waals surface area contributed by atoms with Crippen molar-refractivity contribution in [2.45, 2.75) is 18.7 Å². The molecule has 0 aliphatic carbocycles. The van der Waals surface area contributed by atoms with Crippen LogP contribution in [0.15, 0.2) is 40.4 Å². The zero-order valence-electron chi connectivity index (χ0n) is 14.9. The quantitative estimate of drug-likeness (QED) is 0.479. The Balaban J connectivity index is 1.97. The van der Waals surface area contributed by atoms with Gasteiger partial charge in [-0.05, 0) is 46.6 Å². The molecule has 0 spiro atoms. The normalized spacial score (nSPS) is 12.6. The number of rotatable bonds is 4. The average molecular weight is 446 g/mol. The predicted octanol–water partition coefficient (Wildman–Crippen LogP) is 2.81. The molecule has 0 N–H and O–H groups in total. The van der Waals surface area contributed by atoms with Crippen LogP contribution in [0.5, 0.6) is 0 Å². The summed E-state index contributed by atoms with van der Waals surface area (Å²) in [5, 5.41) is 4.23. The van der Waals surface area contributed by atoms with Crippen LogP contribution in [0.25, 0.3) is 28.5 Å². The highest BCUT2D eigenvalue weighted by molar-refractivity contribution is 9.10. The van der Waals surface area contributed by atoms with Gasteiger partial charge in [0.15, 0.2) is 17.3 Å². The summed E-state index contributed by atoms with van der Waals surface area (Å²) >= 11 is 3.24. The fourth-order valence-electron chi connectivity index (χ4n) is 2.80. The van der Waals surface area contributed by atoms with Gasteiger partial charge in [0.25, 0.3) is 0 Å². The number of fused-ring (bicyclic) bond motifs is 1. The largest absolute Gasteiger partial charge is 0.310 e. The van der Waals surface area contributed by atoms with E-state index in [0.717, 1.165) is 16.7 Å². The minimum Gasteiger partial charge on any atom is -0.310 e. The lowest BCUT2D eigenvalue weighted by molar-refractivity contribution is 0.683. The van der Waals surface area contributed by atoms with Crippen LogP contribution in [-0.2, 0) is 17.8 Å². The third kappa shape index (κ3) is 3.19. The van der Waals surface area contributed by atoms with Crippen molar-refractivity contribution in [2.75, 3.05) is 5.75 Å².